The van der Waals surface area contributed by atoms with E-state index in [1.165, 1.54) is 10.9 Å². The van der Waals surface area contributed by atoms with Gasteiger partial charge in [-0.2, -0.15) is 5.10 Å². The van der Waals surface area contributed by atoms with Gasteiger partial charge in [0.2, 0.25) is 0 Å². The molecule has 1 N–H and O–H groups in total. The molecular weight excluding hydrogens is 262 g/mol. The number of nitrogens with zero attached hydrogens (tertiary/aromatic N) is 2. The Morgan fingerprint density at radius 2 is 2.19 bits per heavy atom. The molecule has 1 aromatic heterocycles. The summed E-state index contributed by atoms with van der Waals surface area (Å²) >= 11 is 0. The summed E-state index contributed by atoms with van der Waals surface area (Å²) in [6.45, 7) is 9.08. The number of ether oxygens (including phenoxy) is 1. The molecule has 114 valence electrons. The highest BCUT2D eigenvalue weighted by molar-refractivity contribution is 5.81. The van der Waals surface area contributed by atoms with Crippen LogP contribution in [0.3, 0.4) is 0 Å². The molecular formula is C17H25N3O. The van der Waals surface area contributed by atoms with E-state index in [2.05, 4.69) is 55.0 Å². The van der Waals surface area contributed by atoms with Gasteiger partial charge in [0.25, 0.3) is 0 Å². The van der Waals surface area contributed by atoms with Crippen molar-refractivity contribution in [3.8, 4) is 0 Å². The fourth-order valence-electron chi connectivity index (χ4n) is 3.11. The number of hydrogen-bond donors (Lipinski definition) is 1. The van der Waals surface area contributed by atoms with Crippen molar-refractivity contribution >= 4 is 10.9 Å². The molecule has 1 aliphatic rings. The third-order valence-electron chi connectivity index (χ3n) is 4.21. The van der Waals surface area contributed by atoms with E-state index in [1.807, 2.05) is 0 Å². The average Bonchev–Trinajstić information content (AvgIpc) is 2.98. The van der Waals surface area contributed by atoms with Gasteiger partial charge in [0.05, 0.1) is 29.5 Å². The Balaban J connectivity index is 1.85. The van der Waals surface area contributed by atoms with Crippen molar-refractivity contribution in [1.29, 1.82) is 0 Å². The van der Waals surface area contributed by atoms with E-state index in [-0.39, 0.29) is 11.7 Å². The predicted molar refractivity (Wildman–Crippen MR) is 85.3 cm³/mol. The first-order valence-electron chi connectivity index (χ1n) is 7.92. The zero-order valence-corrected chi connectivity index (χ0v) is 13.2. The van der Waals surface area contributed by atoms with Crippen LogP contribution >= 0.6 is 0 Å². The summed E-state index contributed by atoms with van der Waals surface area (Å²) in [6.07, 6.45) is 2.51. The number of aromatic nitrogens is 2. The van der Waals surface area contributed by atoms with E-state index >= 15 is 0 Å². The molecule has 21 heavy (non-hydrogen) atoms. The van der Waals surface area contributed by atoms with Gasteiger partial charge in [0, 0.05) is 11.9 Å². The minimum absolute atomic E-state index is 0.0141. The largest absolute Gasteiger partial charge is 0.370 e. The number of benzene rings is 1. The Labute approximate surface area is 126 Å². The molecule has 2 aromatic rings. The van der Waals surface area contributed by atoms with Crippen LogP contribution in [0.15, 0.2) is 24.3 Å². The maximum absolute atomic E-state index is 6.12. The van der Waals surface area contributed by atoms with E-state index in [0.717, 1.165) is 38.2 Å². The lowest BCUT2D eigenvalue weighted by Gasteiger charge is -2.19. The van der Waals surface area contributed by atoms with Crippen molar-refractivity contribution in [2.75, 3.05) is 6.54 Å². The molecule has 2 heterocycles. The molecule has 3 rings (SSSR count). The van der Waals surface area contributed by atoms with Crippen LogP contribution < -0.4 is 5.32 Å². The van der Waals surface area contributed by atoms with Crippen LogP contribution in [0, 0.1) is 0 Å². The van der Waals surface area contributed by atoms with Gasteiger partial charge < -0.3 is 10.1 Å². The normalized spacial score (nSPS) is 21.2. The van der Waals surface area contributed by atoms with E-state index in [1.54, 1.807) is 0 Å². The van der Waals surface area contributed by atoms with Crippen molar-refractivity contribution in [2.45, 2.75) is 58.4 Å². The summed E-state index contributed by atoms with van der Waals surface area (Å²) < 4.78 is 8.23. The van der Waals surface area contributed by atoms with Gasteiger partial charge in [-0.1, -0.05) is 25.1 Å². The first-order valence-corrected chi connectivity index (χ1v) is 7.92. The summed E-state index contributed by atoms with van der Waals surface area (Å²) in [7, 11) is 0. The van der Waals surface area contributed by atoms with Crippen LogP contribution in [-0.2, 0) is 17.8 Å². The molecule has 1 aromatic carbocycles. The second-order valence-corrected chi connectivity index (χ2v) is 6.46. The number of nitrogens with one attached hydrogen (secondary N) is 1. The highest BCUT2D eigenvalue weighted by atomic mass is 16.5. The summed E-state index contributed by atoms with van der Waals surface area (Å²) in [4.78, 5) is 0. The number of hydrogen-bond acceptors (Lipinski definition) is 3. The topological polar surface area (TPSA) is 39.1 Å². The lowest BCUT2D eigenvalue weighted by molar-refractivity contribution is -0.0225. The first-order chi connectivity index (χ1) is 10.1. The Bertz CT molecular complexity index is 618. The second-order valence-electron chi connectivity index (χ2n) is 6.46. The minimum Gasteiger partial charge on any atom is -0.370 e. The van der Waals surface area contributed by atoms with Gasteiger partial charge in [0.1, 0.15) is 0 Å². The highest BCUT2D eigenvalue weighted by Gasteiger charge is 2.32. The van der Waals surface area contributed by atoms with E-state index in [0.29, 0.717) is 0 Å². The van der Waals surface area contributed by atoms with Gasteiger partial charge in [-0.25, -0.2) is 0 Å². The SMILES string of the molecule is CCNCc1nn(CC2CCC(C)(C)O2)c2ccccc12. The third-order valence-corrected chi connectivity index (χ3v) is 4.21. The van der Waals surface area contributed by atoms with Crippen LogP contribution in [0.4, 0.5) is 0 Å². The Morgan fingerprint density at radius 3 is 2.90 bits per heavy atom. The number of para-hydroxylation sites is 1. The van der Waals surface area contributed by atoms with E-state index in [9.17, 15) is 0 Å². The van der Waals surface area contributed by atoms with Crippen LogP contribution in [0.1, 0.15) is 39.3 Å². The maximum Gasteiger partial charge on any atom is 0.0841 e. The fraction of sp³-hybridized carbons (Fsp3) is 0.588. The van der Waals surface area contributed by atoms with Crippen molar-refractivity contribution in [1.82, 2.24) is 15.1 Å². The fourth-order valence-corrected chi connectivity index (χ4v) is 3.11. The monoisotopic (exact) mass is 287 g/mol. The van der Waals surface area contributed by atoms with Crippen molar-refractivity contribution in [3.05, 3.63) is 30.0 Å². The third kappa shape index (κ3) is 3.11. The zero-order chi connectivity index (χ0) is 14.9. The molecule has 1 aliphatic heterocycles. The molecule has 0 aliphatic carbocycles. The van der Waals surface area contributed by atoms with E-state index in [4.69, 9.17) is 9.84 Å². The van der Waals surface area contributed by atoms with Crippen LogP contribution in [0.5, 0.6) is 0 Å². The molecule has 0 amide bonds. The van der Waals surface area contributed by atoms with Crippen LogP contribution in [0.25, 0.3) is 10.9 Å². The van der Waals surface area contributed by atoms with Gasteiger partial charge in [-0.05, 0) is 39.3 Å². The first kappa shape index (κ1) is 14.5. The molecule has 0 radical (unpaired) electrons. The number of fused-ring (bicyclic) bond motifs is 1. The second kappa shape index (κ2) is 5.78. The Morgan fingerprint density at radius 1 is 1.38 bits per heavy atom. The summed E-state index contributed by atoms with van der Waals surface area (Å²) in [5, 5.41) is 9.43. The smallest absolute Gasteiger partial charge is 0.0841 e. The molecule has 4 nitrogen and oxygen atoms in total. The standard InChI is InChI=1S/C17H25N3O/c1-4-18-11-15-14-7-5-6-8-16(14)20(19-15)12-13-9-10-17(2,3)21-13/h5-8,13,18H,4,9-12H2,1-3H3. The average molecular weight is 287 g/mol. The molecule has 0 spiro atoms. The van der Waals surface area contributed by atoms with Crippen molar-refractivity contribution < 1.29 is 4.74 Å². The molecule has 1 saturated heterocycles. The molecule has 1 atom stereocenters. The maximum atomic E-state index is 6.12. The lowest BCUT2D eigenvalue weighted by Crippen LogP contribution is -2.23. The molecule has 1 fully saturated rings. The minimum atomic E-state index is 0.0141. The molecule has 0 saturated carbocycles. The van der Waals surface area contributed by atoms with Gasteiger partial charge >= 0.3 is 0 Å². The Hall–Kier alpha value is -1.39. The number of rotatable bonds is 5. The summed E-state index contributed by atoms with van der Waals surface area (Å²) in [5.74, 6) is 0. The summed E-state index contributed by atoms with van der Waals surface area (Å²) in [6, 6.07) is 8.47. The molecule has 1 unspecified atom stereocenters. The van der Waals surface area contributed by atoms with Crippen molar-refractivity contribution in [2.24, 2.45) is 0 Å². The Kier molecular flexibility index (Phi) is 4.00. The van der Waals surface area contributed by atoms with Crippen LogP contribution in [0.2, 0.25) is 0 Å². The van der Waals surface area contributed by atoms with Crippen molar-refractivity contribution in [3.63, 3.8) is 0 Å². The predicted octanol–water partition coefficient (Wildman–Crippen LogP) is 3.10. The quantitative estimate of drug-likeness (QED) is 0.918. The van der Waals surface area contributed by atoms with Crippen LogP contribution in [-0.4, -0.2) is 28.0 Å². The van der Waals surface area contributed by atoms with Gasteiger partial charge in [-0.15, -0.1) is 0 Å². The van der Waals surface area contributed by atoms with Gasteiger partial charge in [-0.3, -0.25) is 4.68 Å². The zero-order valence-electron chi connectivity index (χ0n) is 13.2. The van der Waals surface area contributed by atoms with E-state index < -0.39 is 0 Å². The molecule has 4 heteroatoms. The lowest BCUT2D eigenvalue weighted by atomic mass is 10.1. The van der Waals surface area contributed by atoms with Gasteiger partial charge in [0.15, 0.2) is 0 Å². The molecule has 0 bridgehead atoms. The summed E-state index contributed by atoms with van der Waals surface area (Å²) in [5.41, 5.74) is 2.35. The highest BCUT2D eigenvalue weighted by Crippen LogP contribution is 2.31.